The molecule has 4 aliphatic carbocycles. The summed E-state index contributed by atoms with van der Waals surface area (Å²) < 4.78 is 92.2. The zero-order valence-corrected chi connectivity index (χ0v) is 54.1. The van der Waals surface area contributed by atoms with Crippen LogP contribution in [0.5, 0.6) is 0 Å². The first-order chi connectivity index (χ1) is 42.7. The number of halogens is 5. The van der Waals surface area contributed by atoms with Gasteiger partial charge in [0.15, 0.2) is 48.9 Å². The summed E-state index contributed by atoms with van der Waals surface area (Å²) in [6.45, 7) is 9.40. The molecule has 2 amide bonds. The summed E-state index contributed by atoms with van der Waals surface area (Å²) in [5.41, 5.74) is -0.645. The minimum Gasteiger partial charge on any atom is -0.462 e. The van der Waals surface area contributed by atoms with Crippen LogP contribution in [0, 0.1) is 52.3 Å². The van der Waals surface area contributed by atoms with Crippen LogP contribution in [0.2, 0.25) is 0 Å². The number of morpholine rings is 2. The zero-order valence-electron chi connectivity index (χ0n) is 50.3. The molecule has 0 aromatic rings. The topological polar surface area (TPSA) is 281 Å². The van der Waals surface area contributed by atoms with Crippen LogP contribution >= 0.6 is 58.0 Å². The van der Waals surface area contributed by atoms with Crippen molar-refractivity contribution in [1.29, 1.82) is 0 Å². The quantitative estimate of drug-likeness (QED) is 0.0706. The van der Waals surface area contributed by atoms with E-state index in [1.165, 1.54) is 9.80 Å². The molecule has 89 heavy (non-hydrogen) atoms. The lowest BCUT2D eigenvalue weighted by Crippen LogP contribution is -2.68. The normalized spacial score (nSPS) is 41.0. The molecule has 500 valence electrons. The first kappa shape index (κ1) is 68.5. The number of amides is 2. The number of ether oxygens (including phenoxy) is 15. The number of Topliss-reactive ketones (excluding diaryl/α,β-unsaturated/α-hetero) is 1. The van der Waals surface area contributed by atoms with Crippen LogP contribution in [0.15, 0.2) is 0 Å². The van der Waals surface area contributed by atoms with Gasteiger partial charge in [-0.2, -0.15) is 0 Å². The summed E-state index contributed by atoms with van der Waals surface area (Å²) in [7, 11) is 0. The minimum atomic E-state index is -2.06. The Morgan fingerprint density at radius 2 is 1.11 bits per heavy atom. The number of rotatable bonds is 18. The maximum atomic E-state index is 15.0. The van der Waals surface area contributed by atoms with Gasteiger partial charge in [0.1, 0.15) is 66.7 Å². The van der Waals surface area contributed by atoms with Crippen molar-refractivity contribution in [2.24, 2.45) is 52.3 Å². The zero-order chi connectivity index (χ0) is 63.5. The van der Waals surface area contributed by atoms with E-state index in [-0.39, 0.29) is 105 Å². The molecular weight excluding hydrogens is 1280 g/mol. The molecule has 10 aliphatic rings. The fourth-order valence-corrected chi connectivity index (χ4v) is 16.8. The Bertz CT molecular complexity index is 2560. The number of esters is 5. The van der Waals surface area contributed by atoms with Gasteiger partial charge in [0.05, 0.1) is 45.2 Å². The van der Waals surface area contributed by atoms with Crippen LogP contribution in [0.25, 0.3) is 0 Å². The van der Waals surface area contributed by atoms with Gasteiger partial charge < -0.3 is 80.9 Å². The molecule has 0 N–H and O–H groups in total. The largest absolute Gasteiger partial charge is 0.462 e. The van der Waals surface area contributed by atoms with Crippen LogP contribution in [0.3, 0.4) is 0 Å². The second kappa shape index (κ2) is 29.5. The van der Waals surface area contributed by atoms with Gasteiger partial charge in [0, 0.05) is 50.9 Å². The third kappa shape index (κ3) is 14.5. The molecule has 0 bridgehead atoms. The molecule has 25 nitrogen and oxygen atoms in total. The molecule has 3 unspecified atom stereocenters. The van der Waals surface area contributed by atoms with Gasteiger partial charge in [-0.3, -0.25) is 28.8 Å². The number of ketones is 1. The lowest BCUT2D eigenvalue weighted by Gasteiger charge is -2.60. The summed E-state index contributed by atoms with van der Waals surface area (Å²) in [4.78, 5) is 112. The highest BCUT2D eigenvalue weighted by Crippen LogP contribution is 2.71. The molecule has 0 aromatic heterocycles. The van der Waals surface area contributed by atoms with Crippen molar-refractivity contribution in [2.75, 3.05) is 102 Å². The van der Waals surface area contributed by atoms with Gasteiger partial charge in [-0.05, 0) is 85.4 Å². The Kier molecular flexibility index (Phi) is 22.8. The molecule has 22 atom stereocenters. The van der Waals surface area contributed by atoms with Crippen molar-refractivity contribution >= 4 is 106 Å². The number of hydrogen-bond acceptors (Lipinski definition) is 23. The summed E-state index contributed by atoms with van der Waals surface area (Å²) >= 11 is 30.2. The summed E-state index contributed by atoms with van der Waals surface area (Å²) in [5.74, 6) is -8.27. The van der Waals surface area contributed by atoms with Gasteiger partial charge in [-0.15, -0.1) is 58.0 Å². The molecule has 10 fully saturated rings. The van der Waals surface area contributed by atoms with E-state index in [1.807, 2.05) is 0 Å². The van der Waals surface area contributed by atoms with Crippen molar-refractivity contribution < 1.29 is 109 Å². The average molecular weight is 1360 g/mol. The Balaban J connectivity index is 0.941. The van der Waals surface area contributed by atoms with Crippen molar-refractivity contribution in [2.45, 2.75) is 165 Å². The SMILES string of the molecule is CC1C2C(C[C@H]3[C@@H]4CC[C@H]5C[C@@H](O[C@@H]6O[C@H](COC(=O)CCl)[C@@H](O[C@@H]7O[C@H](COC(=O)N8CCOCC8)[C@@H](OC(=O)N8CCOCC8)[C@H](OC(=O)CCl)[C@H]7OC(=O)CCl)[C@H](OC(=O)CCl)[C@H]6OC(=O)CCl)CC[C@]5(C)[C@H]4C(=O)C[C@]23C)O[C@]12CC[C@@H](C)CO2. The van der Waals surface area contributed by atoms with Gasteiger partial charge >= 0.3 is 42.0 Å². The number of alkyl halides is 5. The van der Waals surface area contributed by atoms with Crippen molar-refractivity contribution in [3.8, 4) is 0 Å². The van der Waals surface area contributed by atoms with Gasteiger partial charge in [0.25, 0.3) is 0 Å². The molecule has 6 saturated heterocycles. The Hall–Kier alpha value is -3.31. The third-order valence-corrected chi connectivity index (χ3v) is 21.6. The molecule has 0 aromatic carbocycles. The van der Waals surface area contributed by atoms with Crippen LogP contribution in [-0.2, 0) is 99.8 Å². The van der Waals surface area contributed by atoms with Crippen LogP contribution in [0.4, 0.5) is 9.59 Å². The van der Waals surface area contributed by atoms with Crippen molar-refractivity contribution in [1.82, 2.24) is 9.80 Å². The predicted octanol–water partition coefficient (Wildman–Crippen LogP) is 5.52. The lowest BCUT2D eigenvalue weighted by atomic mass is 9.44. The molecule has 6 heterocycles. The van der Waals surface area contributed by atoms with Crippen molar-refractivity contribution in [3.05, 3.63) is 0 Å². The highest BCUT2D eigenvalue weighted by molar-refractivity contribution is 6.27. The fourth-order valence-electron chi connectivity index (χ4n) is 16.5. The van der Waals surface area contributed by atoms with E-state index < -0.39 is 163 Å². The minimum absolute atomic E-state index is 0.00312. The first-order valence-corrected chi connectivity index (χ1v) is 33.6. The van der Waals surface area contributed by atoms with Gasteiger partial charge in [0.2, 0.25) is 0 Å². The Labute approximate surface area is 541 Å². The molecule has 6 aliphatic heterocycles. The molecule has 30 heteroatoms. The van der Waals surface area contributed by atoms with E-state index in [1.54, 1.807) is 0 Å². The molecule has 0 radical (unpaired) electrons. The highest BCUT2D eigenvalue weighted by atomic mass is 35.5. The molecular formula is C59H81Cl5N2O23. The standard InChI is InChI=1S/C59H81Cl5N2O23/c1-30-7-10-59(79-27-30)31(2)45-37(89-59)20-35-34-6-5-32-19-33(8-9-57(32,3)46(34)36(67)21-58(35,45)4)80-53-51(85-43(71)25-63)49(83-41(69)23-61)47(38(81-53)28-77-40(68)22-60)87-54-52(86-44(72)26-64)50(84-42(70)24-62)48(88-56(74)66-13-17-76-18-14-66)39(82-54)29-78-55(73)65-11-15-75-16-12-65/h30-35,37-39,45-54H,5-29H2,1-4H3/t30-,31?,32+,33+,34+,35+,37?,38-,39-,45?,46-,47-,48-,49+,50+,51-,52-,53-,54+,57+,58+,59-/m1/s1. The second-order valence-electron chi connectivity index (χ2n) is 25.7. The molecule has 1 spiro atoms. The first-order valence-electron chi connectivity index (χ1n) is 30.9. The van der Waals surface area contributed by atoms with Gasteiger partial charge in [-0.1, -0.05) is 27.7 Å². The van der Waals surface area contributed by atoms with E-state index in [4.69, 9.17) is 129 Å². The molecule has 10 rings (SSSR count). The van der Waals surface area contributed by atoms with E-state index in [0.717, 1.165) is 32.1 Å². The maximum absolute atomic E-state index is 15.0. The number of carbonyl (C=O) groups excluding carboxylic acids is 8. The summed E-state index contributed by atoms with van der Waals surface area (Å²) in [5, 5.41) is 0. The Morgan fingerprint density at radius 1 is 0.573 bits per heavy atom. The lowest BCUT2D eigenvalue weighted by molar-refractivity contribution is -0.365. The molecule has 4 saturated carbocycles. The highest BCUT2D eigenvalue weighted by Gasteiger charge is 2.71. The van der Waals surface area contributed by atoms with Crippen LogP contribution in [-0.4, -0.2) is 239 Å². The summed E-state index contributed by atoms with van der Waals surface area (Å²) in [6, 6.07) is 0. The van der Waals surface area contributed by atoms with E-state index in [9.17, 15) is 33.6 Å². The number of carbonyl (C=O) groups is 8. The summed E-state index contributed by atoms with van der Waals surface area (Å²) in [6.07, 6.45) is -14.2. The van der Waals surface area contributed by atoms with Gasteiger partial charge in [-0.25, -0.2) is 9.59 Å². The number of hydrogen-bond donors (Lipinski definition) is 0. The average Bonchev–Trinajstić information content (AvgIpc) is 1.58. The fraction of sp³-hybridized carbons (Fsp3) is 0.864. The number of nitrogens with zero attached hydrogens (tertiary/aromatic N) is 2. The second-order valence-corrected chi connectivity index (χ2v) is 27.0. The van der Waals surface area contributed by atoms with E-state index >= 15 is 4.79 Å². The number of fused-ring (bicyclic) bond motifs is 7. The Morgan fingerprint density at radius 3 is 1.69 bits per heavy atom. The monoisotopic (exact) mass is 1360 g/mol. The van der Waals surface area contributed by atoms with E-state index in [2.05, 4.69) is 27.7 Å². The smallest absolute Gasteiger partial charge is 0.410 e. The van der Waals surface area contributed by atoms with Crippen molar-refractivity contribution in [3.63, 3.8) is 0 Å². The maximum Gasteiger partial charge on any atom is 0.410 e. The van der Waals surface area contributed by atoms with Crippen LogP contribution < -0.4 is 0 Å². The third-order valence-electron chi connectivity index (χ3n) is 20.5. The van der Waals surface area contributed by atoms with E-state index in [0.29, 0.717) is 38.2 Å². The predicted molar refractivity (Wildman–Crippen MR) is 310 cm³/mol. The van der Waals surface area contributed by atoms with Crippen LogP contribution in [0.1, 0.15) is 85.5 Å².